The predicted octanol–water partition coefficient (Wildman–Crippen LogP) is 2.74. The van der Waals surface area contributed by atoms with Crippen molar-refractivity contribution in [2.24, 2.45) is 5.41 Å². The van der Waals surface area contributed by atoms with Crippen LogP contribution in [-0.2, 0) is 4.79 Å². The number of nitrogens with zero attached hydrogens (tertiary/aromatic N) is 2. The summed E-state index contributed by atoms with van der Waals surface area (Å²) < 4.78 is 0. The number of hydrogen-bond acceptors (Lipinski definition) is 2. The first-order chi connectivity index (χ1) is 7.57. The first-order valence-corrected chi connectivity index (χ1v) is 5.85. The molecule has 0 rings (SSSR count). The van der Waals surface area contributed by atoms with Gasteiger partial charge in [-0.25, -0.2) is 0 Å². The molecular formula is C13H22N2O. The van der Waals surface area contributed by atoms with E-state index in [1.807, 2.05) is 13.8 Å². The molecule has 0 radical (unpaired) electrons. The summed E-state index contributed by atoms with van der Waals surface area (Å²) in [5.41, 5.74) is -0.832. The lowest BCUT2D eigenvalue weighted by Crippen LogP contribution is -2.41. The Kier molecular flexibility index (Phi) is 6.48. The minimum atomic E-state index is -0.832. The van der Waals surface area contributed by atoms with Gasteiger partial charge < -0.3 is 4.90 Å². The van der Waals surface area contributed by atoms with E-state index in [4.69, 9.17) is 0 Å². The van der Waals surface area contributed by atoms with Gasteiger partial charge in [-0.05, 0) is 12.8 Å². The first-order valence-electron chi connectivity index (χ1n) is 5.85. The minimum Gasteiger partial charge on any atom is -0.341 e. The number of hydrogen-bond donors (Lipinski definition) is 0. The third-order valence-corrected chi connectivity index (χ3v) is 2.73. The van der Waals surface area contributed by atoms with Crippen LogP contribution in [0.25, 0.3) is 0 Å². The summed E-state index contributed by atoms with van der Waals surface area (Å²) in [5.74, 6) is -0.0707. The number of amides is 1. The highest BCUT2D eigenvalue weighted by Crippen LogP contribution is 2.31. The number of carbonyl (C=O) groups excluding carboxylic acids is 1. The number of rotatable bonds is 7. The standard InChI is InChI=1S/C13H22N2O/c1-5-8-13(11-14,9-6-2)12(16)15(4)10-7-3/h7H,3,5-6,8-10H2,1-2,4H3. The Morgan fingerprint density at radius 3 is 2.25 bits per heavy atom. The van der Waals surface area contributed by atoms with E-state index in [1.54, 1.807) is 18.0 Å². The van der Waals surface area contributed by atoms with Crippen LogP contribution in [0.5, 0.6) is 0 Å². The Morgan fingerprint density at radius 2 is 1.94 bits per heavy atom. The van der Waals surface area contributed by atoms with E-state index >= 15 is 0 Å². The van der Waals surface area contributed by atoms with Crippen LogP contribution in [0.4, 0.5) is 0 Å². The molecule has 0 spiro atoms. The molecule has 0 aliphatic rings. The van der Waals surface area contributed by atoms with Crippen molar-refractivity contribution in [3.8, 4) is 6.07 Å². The fourth-order valence-electron chi connectivity index (χ4n) is 1.99. The summed E-state index contributed by atoms with van der Waals surface area (Å²) in [7, 11) is 1.72. The van der Waals surface area contributed by atoms with E-state index < -0.39 is 5.41 Å². The van der Waals surface area contributed by atoms with E-state index in [0.717, 1.165) is 12.8 Å². The van der Waals surface area contributed by atoms with Gasteiger partial charge in [-0.3, -0.25) is 4.79 Å². The molecular weight excluding hydrogens is 200 g/mol. The maximum atomic E-state index is 12.2. The molecule has 16 heavy (non-hydrogen) atoms. The smallest absolute Gasteiger partial charge is 0.243 e. The van der Waals surface area contributed by atoms with Crippen molar-refractivity contribution in [3.63, 3.8) is 0 Å². The lowest BCUT2D eigenvalue weighted by Gasteiger charge is -2.29. The summed E-state index contributed by atoms with van der Waals surface area (Å²) in [6.07, 6.45) is 4.65. The van der Waals surface area contributed by atoms with Crippen molar-refractivity contribution < 1.29 is 4.79 Å². The maximum absolute atomic E-state index is 12.2. The third-order valence-electron chi connectivity index (χ3n) is 2.73. The van der Waals surface area contributed by atoms with Crippen molar-refractivity contribution in [2.75, 3.05) is 13.6 Å². The second-order valence-electron chi connectivity index (χ2n) is 4.17. The molecule has 3 heteroatoms. The lowest BCUT2D eigenvalue weighted by atomic mass is 9.79. The summed E-state index contributed by atoms with van der Waals surface area (Å²) >= 11 is 0. The fourth-order valence-corrected chi connectivity index (χ4v) is 1.99. The molecule has 0 fully saturated rings. The number of carbonyl (C=O) groups is 1. The normalized spacial score (nSPS) is 10.6. The Bertz CT molecular complexity index is 272. The molecule has 1 amide bonds. The zero-order valence-electron chi connectivity index (χ0n) is 10.6. The molecule has 0 bridgehead atoms. The van der Waals surface area contributed by atoms with E-state index in [2.05, 4.69) is 12.6 Å². The third kappa shape index (κ3) is 3.37. The van der Waals surface area contributed by atoms with Gasteiger partial charge in [-0.15, -0.1) is 6.58 Å². The topological polar surface area (TPSA) is 44.1 Å². The van der Waals surface area contributed by atoms with E-state index in [1.165, 1.54) is 0 Å². The largest absolute Gasteiger partial charge is 0.341 e. The molecule has 0 aliphatic heterocycles. The van der Waals surface area contributed by atoms with Gasteiger partial charge >= 0.3 is 0 Å². The number of nitriles is 1. The van der Waals surface area contributed by atoms with Crippen LogP contribution in [0, 0.1) is 16.7 Å². The van der Waals surface area contributed by atoms with Crippen LogP contribution in [-0.4, -0.2) is 24.4 Å². The second-order valence-corrected chi connectivity index (χ2v) is 4.17. The Labute approximate surface area is 98.7 Å². The maximum Gasteiger partial charge on any atom is 0.243 e. The SMILES string of the molecule is C=CCN(C)C(=O)C(C#N)(CCC)CCC. The molecule has 3 nitrogen and oxygen atoms in total. The summed E-state index contributed by atoms with van der Waals surface area (Å²) in [6.45, 7) is 8.11. The highest BCUT2D eigenvalue weighted by atomic mass is 16.2. The molecule has 0 heterocycles. The fraction of sp³-hybridized carbons (Fsp3) is 0.692. The van der Waals surface area contributed by atoms with Gasteiger partial charge in [0.25, 0.3) is 0 Å². The molecule has 0 aromatic rings. The molecule has 0 aliphatic carbocycles. The molecule has 0 aromatic carbocycles. The van der Waals surface area contributed by atoms with Crippen molar-refractivity contribution in [3.05, 3.63) is 12.7 Å². The Hall–Kier alpha value is -1.30. The molecule has 0 aromatic heterocycles. The van der Waals surface area contributed by atoms with Crippen LogP contribution in [0.3, 0.4) is 0 Å². The van der Waals surface area contributed by atoms with Crippen LogP contribution in [0.1, 0.15) is 39.5 Å². The zero-order chi connectivity index (χ0) is 12.6. The van der Waals surface area contributed by atoms with Gasteiger partial charge in [-0.2, -0.15) is 5.26 Å². The van der Waals surface area contributed by atoms with Crippen LogP contribution < -0.4 is 0 Å². The quantitative estimate of drug-likeness (QED) is 0.622. The van der Waals surface area contributed by atoms with Gasteiger partial charge in [0, 0.05) is 13.6 Å². The van der Waals surface area contributed by atoms with Crippen LogP contribution in [0.2, 0.25) is 0 Å². The lowest BCUT2D eigenvalue weighted by molar-refractivity contribution is -0.138. The molecule has 0 N–H and O–H groups in total. The van der Waals surface area contributed by atoms with Crippen LogP contribution in [0.15, 0.2) is 12.7 Å². The van der Waals surface area contributed by atoms with Crippen molar-refractivity contribution in [2.45, 2.75) is 39.5 Å². The Balaban J connectivity index is 4.93. The predicted molar refractivity (Wildman–Crippen MR) is 65.7 cm³/mol. The van der Waals surface area contributed by atoms with Crippen molar-refractivity contribution >= 4 is 5.91 Å². The first kappa shape index (κ1) is 14.7. The Morgan fingerprint density at radius 1 is 1.44 bits per heavy atom. The van der Waals surface area contributed by atoms with E-state index in [0.29, 0.717) is 19.4 Å². The average Bonchev–Trinajstić information content (AvgIpc) is 2.28. The van der Waals surface area contributed by atoms with Gasteiger partial charge in [-0.1, -0.05) is 32.8 Å². The van der Waals surface area contributed by atoms with E-state index in [-0.39, 0.29) is 5.91 Å². The number of likely N-dealkylation sites (N-methyl/N-ethyl adjacent to an activating group) is 1. The monoisotopic (exact) mass is 222 g/mol. The van der Waals surface area contributed by atoms with Gasteiger partial charge in [0.1, 0.15) is 5.41 Å². The van der Waals surface area contributed by atoms with Crippen LogP contribution >= 0.6 is 0 Å². The summed E-state index contributed by atoms with van der Waals surface area (Å²) in [6, 6.07) is 2.23. The second kappa shape index (κ2) is 7.05. The average molecular weight is 222 g/mol. The molecule has 0 atom stereocenters. The molecule has 0 saturated carbocycles. The summed E-state index contributed by atoms with van der Waals surface area (Å²) in [4.78, 5) is 13.8. The molecule has 0 unspecified atom stereocenters. The molecule has 90 valence electrons. The van der Waals surface area contributed by atoms with Gasteiger partial charge in [0.2, 0.25) is 5.91 Å². The van der Waals surface area contributed by atoms with Gasteiger partial charge in [0.15, 0.2) is 0 Å². The van der Waals surface area contributed by atoms with Crippen molar-refractivity contribution in [1.29, 1.82) is 5.26 Å². The van der Waals surface area contributed by atoms with Crippen molar-refractivity contribution in [1.82, 2.24) is 4.90 Å². The molecule has 0 saturated heterocycles. The highest BCUT2D eigenvalue weighted by Gasteiger charge is 2.38. The van der Waals surface area contributed by atoms with Gasteiger partial charge in [0.05, 0.1) is 6.07 Å². The summed E-state index contributed by atoms with van der Waals surface area (Å²) in [5, 5.41) is 9.30. The zero-order valence-corrected chi connectivity index (χ0v) is 10.6. The van der Waals surface area contributed by atoms with E-state index in [9.17, 15) is 10.1 Å². The highest BCUT2D eigenvalue weighted by molar-refractivity contribution is 5.85. The minimum absolute atomic E-state index is 0.0707.